The molecule has 3 N–H and O–H groups in total. The second kappa shape index (κ2) is 6.10. The van der Waals surface area contributed by atoms with Gasteiger partial charge in [-0.2, -0.15) is 0 Å². The van der Waals surface area contributed by atoms with Gasteiger partial charge in [0.15, 0.2) is 0 Å². The van der Waals surface area contributed by atoms with E-state index in [4.69, 9.17) is 0 Å². The quantitative estimate of drug-likeness (QED) is 0.611. The zero-order valence-electron chi connectivity index (χ0n) is 12.6. The van der Waals surface area contributed by atoms with E-state index in [1.54, 1.807) is 12.3 Å². The van der Waals surface area contributed by atoms with Gasteiger partial charge in [0.1, 0.15) is 0 Å². The minimum absolute atomic E-state index is 0.159. The Kier molecular flexibility index (Phi) is 4.38. The molecule has 0 aromatic carbocycles. The lowest BCUT2D eigenvalue weighted by molar-refractivity contribution is 0.471. The first kappa shape index (κ1) is 15.1. The zero-order chi connectivity index (χ0) is 14.9. The molecule has 0 saturated heterocycles. The average molecular weight is 311 g/mol. The summed E-state index contributed by atoms with van der Waals surface area (Å²) in [4.78, 5) is 3.42. The third kappa shape index (κ3) is 3.87. The number of sulfonamides is 1. The van der Waals surface area contributed by atoms with Gasteiger partial charge in [-0.3, -0.25) is 0 Å². The lowest BCUT2D eigenvalue weighted by Gasteiger charge is -2.16. The van der Waals surface area contributed by atoms with Gasteiger partial charge in [-0.05, 0) is 56.6 Å². The van der Waals surface area contributed by atoms with Crippen LogP contribution in [0.2, 0.25) is 0 Å². The number of hydrogen-bond donors (Lipinski definition) is 3. The fraction of sp³-hybridized carbons (Fsp3) is 0.733. The number of aromatic nitrogens is 1. The topological polar surface area (TPSA) is 74.0 Å². The Labute approximate surface area is 127 Å². The number of hydrogen-bond acceptors (Lipinski definition) is 3. The van der Waals surface area contributed by atoms with Crippen molar-refractivity contribution in [1.82, 2.24) is 15.0 Å². The maximum absolute atomic E-state index is 12.5. The highest BCUT2D eigenvalue weighted by Crippen LogP contribution is 2.45. The molecule has 5 nitrogen and oxygen atoms in total. The van der Waals surface area contributed by atoms with Crippen LogP contribution in [-0.2, 0) is 16.6 Å². The summed E-state index contributed by atoms with van der Waals surface area (Å²) in [5.41, 5.74) is 0.915. The molecule has 0 aliphatic heterocycles. The molecule has 1 heterocycles. The highest BCUT2D eigenvalue weighted by atomic mass is 32.2. The molecule has 21 heavy (non-hydrogen) atoms. The van der Waals surface area contributed by atoms with Crippen LogP contribution in [0.5, 0.6) is 0 Å². The second-order valence-electron chi connectivity index (χ2n) is 6.36. The third-order valence-electron chi connectivity index (χ3n) is 4.32. The van der Waals surface area contributed by atoms with Crippen molar-refractivity contribution in [2.45, 2.75) is 56.5 Å². The van der Waals surface area contributed by atoms with E-state index in [2.05, 4.69) is 21.9 Å². The average Bonchev–Trinajstić information content (AvgIpc) is 3.36. The highest BCUT2D eigenvalue weighted by Gasteiger charge is 2.43. The van der Waals surface area contributed by atoms with Gasteiger partial charge in [0.05, 0.1) is 4.90 Å². The summed E-state index contributed by atoms with van der Waals surface area (Å²) in [5, 5.41) is 3.27. The summed E-state index contributed by atoms with van der Waals surface area (Å²) in [5.74, 6) is 1.13. The van der Waals surface area contributed by atoms with Crippen molar-refractivity contribution in [3.63, 3.8) is 0 Å². The molecule has 1 aromatic rings. The first-order valence-electron chi connectivity index (χ1n) is 8.00. The summed E-state index contributed by atoms with van der Waals surface area (Å²) < 4.78 is 27.9. The lowest BCUT2D eigenvalue weighted by atomic mass is 10.1. The van der Waals surface area contributed by atoms with E-state index in [9.17, 15) is 8.42 Å². The highest BCUT2D eigenvalue weighted by molar-refractivity contribution is 7.89. The van der Waals surface area contributed by atoms with Crippen molar-refractivity contribution in [2.75, 3.05) is 6.54 Å². The van der Waals surface area contributed by atoms with E-state index in [1.807, 2.05) is 0 Å². The van der Waals surface area contributed by atoms with Crippen molar-refractivity contribution in [2.24, 2.45) is 11.8 Å². The molecule has 6 heteroatoms. The Balaban J connectivity index is 1.63. The molecule has 1 aromatic heterocycles. The van der Waals surface area contributed by atoms with Gasteiger partial charge in [0.25, 0.3) is 0 Å². The van der Waals surface area contributed by atoms with Crippen molar-refractivity contribution in [1.29, 1.82) is 0 Å². The number of H-pyrrole nitrogens is 1. The Bertz CT molecular complexity index is 561. The van der Waals surface area contributed by atoms with Gasteiger partial charge < -0.3 is 10.3 Å². The van der Waals surface area contributed by atoms with Crippen molar-refractivity contribution in [3.05, 3.63) is 18.0 Å². The smallest absolute Gasteiger partial charge is 0.242 e. The largest absolute Gasteiger partial charge is 0.363 e. The first-order chi connectivity index (χ1) is 10.1. The van der Waals surface area contributed by atoms with E-state index in [0.717, 1.165) is 18.7 Å². The summed E-state index contributed by atoms with van der Waals surface area (Å²) in [6.07, 6.45) is 7.35. The maximum Gasteiger partial charge on any atom is 0.242 e. The van der Waals surface area contributed by atoms with Crippen LogP contribution in [0, 0.1) is 11.8 Å². The zero-order valence-corrected chi connectivity index (χ0v) is 13.4. The fourth-order valence-corrected chi connectivity index (χ4v) is 4.20. The fourth-order valence-electron chi connectivity index (χ4n) is 2.81. The maximum atomic E-state index is 12.5. The summed E-state index contributed by atoms with van der Waals surface area (Å²) in [6, 6.07) is 1.90. The van der Waals surface area contributed by atoms with Crippen LogP contribution in [0.1, 0.15) is 44.7 Å². The monoisotopic (exact) mass is 311 g/mol. The lowest BCUT2D eigenvalue weighted by Crippen LogP contribution is -2.37. The van der Waals surface area contributed by atoms with E-state index < -0.39 is 10.0 Å². The van der Waals surface area contributed by atoms with Gasteiger partial charge in [0, 0.05) is 24.5 Å². The molecule has 0 atom stereocenters. The SMILES string of the molecule is CCCNCc1cc(S(=O)(=O)NC(C2CC2)C2CC2)c[nH]1. The molecule has 0 spiro atoms. The van der Waals surface area contributed by atoms with Crippen molar-refractivity contribution in [3.8, 4) is 0 Å². The molecule has 0 unspecified atom stereocenters. The standard InChI is InChI=1S/C15H25N3O2S/c1-2-7-16-9-13-8-14(10-17-13)21(19,20)18-15(11-3-4-11)12-5-6-12/h8,10-12,15-18H,2-7,9H2,1H3. The number of rotatable bonds is 9. The van der Waals surface area contributed by atoms with Gasteiger partial charge in [-0.25, -0.2) is 13.1 Å². The molecule has 0 radical (unpaired) electrons. The van der Waals surface area contributed by atoms with E-state index >= 15 is 0 Å². The number of aromatic amines is 1. The van der Waals surface area contributed by atoms with Crippen LogP contribution in [-0.4, -0.2) is 26.0 Å². The summed E-state index contributed by atoms with van der Waals surface area (Å²) >= 11 is 0. The van der Waals surface area contributed by atoms with Crippen LogP contribution in [0.15, 0.2) is 17.2 Å². The van der Waals surface area contributed by atoms with Gasteiger partial charge in [-0.1, -0.05) is 6.92 Å². The molecule has 0 bridgehead atoms. The predicted octanol–water partition coefficient (Wildman–Crippen LogP) is 1.98. The first-order valence-corrected chi connectivity index (χ1v) is 9.49. The number of nitrogens with one attached hydrogen (secondary N) is 3. The summed E-state index contributed by atoms with van der Waals surface area (Å²) in [6.45, 7) is 3.72. The Morgan fingerprint density at radius 1 is 1.29 bits per heavy atom. The molecule has 0 amide bonds. The Morgan fingerprint density at radius 2 is 1.95 bits per heavy atom. The van der Waals surface area contributed by atoms with Gasteiger partial charge >= 0.3 is 0 Å². The minimum atomic E-state index is -3.39. The normalized spacial score (nSPS) is 19.3. The van der Waals surface area contributed by atoms with Crippen LogP contribution in [0.3, 0.4) is 0 Å². The molecular weight excluding hydrogens is 286 g/mol. The molecule has 118 valence electrons. The van der Waals surface area contributed by atoms with Crippen LogP contribution < -0.4 is 10.0 Å². The molecule has 2 fully saturated rings. The third-order valence-corrected chi connectivity index (χ3v) is 5.76. The van der Waals surface area contributed by atoms with Crippen molar-refractivity contribution >= 4 is 10.0 Å². The van der Waals surface area contributed by atoms with E-state index in [0.29, 0.717) is 23.3 Å². The van der Waals surface area contributed by atoms with Gasteiger partial charge in [-0.15, -0.1) is 0 Å². The van der Waals surface area contributed by atoms with Crippen LogP contribution >= 0.6 is 0 Å². The van der Waals surface area contributed by atoms with Crippen LogP contribution in [0.4, 0.5) is 0 Å². The molecular formula is C15H25N3O2S. The van der Waals surface area contributed by atoms with Crippen LogP contribution in [0.25, 0.3) is 0 Å². The van der Waals surface area contributed by atoms with E-state index in [1.165, 1.54) is 25.7 Å². The molecule has 2 aliphatic carbocycles. The molecule has 2 aliphatic rings. The molecule has 3 rings (SSSR count). The second-order valence-corrected chi connectivity index (χ2v) is 8.07. The Hall–Kier alpha value is -0.850. The predicted molar refractivity (Wildman–Crippen MR) is 82.3 cm³/mol. The van der Waals surface area contributed by atoms with E-state index in [-0.39, 0.29) is 6.04 Å². The van der Waals surface area contributed by atoms with Gasteiger partial charge in [0.2, 0.25) is 10.0 Å². The Morgan fingerprint density at radius 3 is 2.52 bits per heavy atom. The van der Waals surface area contributed by atoms with Crippen molar-refractivity contribution < 1.29 is 8.42 Å². The minimum Gasteiger partial charge on any atom is -0.363 e. The summed E-state index contributed by atoms with van der Waals surface area (Å²) in [7, 11) is -3.39. The molecule has 2 saturated carbocycles.